The number of carbonyl (C=O) groups is 4. The molecule has 0 heterocycles. The summed E-state index contributed by atoms with van der Waals surface area (Å²) in [5, 5.41) is 24.9. The third kappa shape index (κ3) is 10.3. The minimum atomic E-state index is -1.63. The van der Waals surface area contributed by atoms with Gasteiger partial charge in [-0.1, -0.05) is 68.4 Å². The van der Waals surface area contributed by atoms with Gasteiger partial charge in [0.05, 0.1) is 13.1 Å². The predicted octanol–water partition coefficient (Wildman–Crippen LogP) is 2.06. The van der Waals surface area contributed by atoms with Crippen LogP contribution in [0.1, 0.15) is 26.3 Å². The van der Waals surface area contributed by atoms with Crippen LogP contribution in [0.5, 0.6) is 0 Å². The number of hydrogen-bond donors (Lipinski definition) is 4. The molecule has 0 radical (unpaired) electrons. The number of carboxylic acids is 1. The Morgan fingerprint density at radius 2 is 1.57 bits per heavy atom. The molecular weight excluding hydrogens is 478 g/mol. The number of benzene rings is 2. The highest BCUT2D eigenvalue weighted by atomic mass is 16.5. The van der Waals surface area contributed by atoms with E-state index in [9.17, 15) is 29.4 Å². The number of esters is 1. The highest BCUT2D eigenvalue weighted by Crippen LogP contribution is 2.20. The SMILES string of the molecule is CC(=O)NCCOC(=O)C(O)CN(CC(C)C)C(=O)N[C@@H](Cc1ccc(-c2ccccc2)cc1)C(=O)O. The molecule has 2 atom stereocenters. The third-order valence-corrected chi connectivity index (χ3v) is 5.36. The van der Waals surface area contributed by atoms with Gasteiger partial charge >= 0.3 is 18.0 Å². The van der Waals surface area contributed by atoms with Crippen molar-refractivity contribution in [1.82, 2.24) is 15.5 Å². The first-order valence-electron chi connectivity index (χ1n) is 12.1. The van der Waals surface area contributed by atoms with Crippen LogP contribution in [0.15, 0.2) is 54.6 Å². The molecule has 0 aliphatic rings. The topological polar surface area (TPSA) is 145 Å². The first-order chi connectivity index (χ1) is 17.6. The molecule has 2 aromatic rings. The molecule has 2 aromatic carbocycles. The summed E-state index contributed by atoms with van der Waals surface area (Å²) in [6, 6.07) is 15.2. The van der Waals surface area contributed by atoms with E-state index in [0.717, 1.165) is 16.7 Å². The number of rotatable bonds is 13. The van der Waals surface area contributed by atoms with Crippen LogP contribution < -0.4 is 10.6 Å². The number of amides is 3. The largest absolute Gasteiger partial charge is 0.480 e. The van der Waals surface area contributed by atoms with Gasteiger partial charge in [0.15, 0.2) is 6.10 Å². The highest BCUT2D eigenvalue weighted by Gasteiger charge is 2.28. The van der Waals surface area contributed by atoms with Gasteiger partial charge in [0.25, 0.3) is 0 Å². The number of nitrogens with one attached hydrogen (secondary N) is 2. The van der Waals surface area contributed by atoms with Crippen LogP contribution in [0.4, 0.5) is 4.79 Å². The average molecular weight is 514 g/mol. The molecule has 0 fully saturated rings. The summed E-state index contributed by atoms with van der Waals surface area (Å²) in [5.41, 5.74) is 2.75. The lowest BCUT2D eigenvalue weighted by atomic mass is 10.0. The number of nitrogens with zero attached hydrogens (tertiary/aromatic N) is 1. The number of aliphatic carboxylic acids is 1. The quantitative estimate of drug-likeness (QED) is 0.237. The predicted molar refractivity (Wildman–Crippen MR) is 138 cm³/mol. The van der Waals surface area contributed by atoms with Crippen LogP contribution in [-0.4, -0.2) is 77.4 Å². The molecule has 10 nitrogen and oxygen atoms in total. The van der Waals surface area contributed by atoms with Crippen molar-refractivity contribution in [3.8, 4) is 11.1 Å². The Labute approximate surface area is 216 Å². The summed E-state index contributed by atoms with van der Waals surface area (Å²) in [5.74, 6) is -2.44. The van der Waals surface area contributed by atoms with Gasteiger partial charge in [-0.05, 0) is 22.6 Å². The maximum Gasteiger partial charge on any atom is 0.336 e. The number of ether oxygens (including phenoxy) is 1. The smallest absolute Gasteiger partial charge is 0.336 e. The zero-order valence-electron chi connectivity index (χ0n) is 21.3. The Morgan fingerprint density at radius 1 is 0.946 bits per heavy atom. The average Bonchev–Trinajstić information content (AvgIpc) is 2.86. The van der Waals surface area contributed by atoms with Crippen LogP contribution in [0.2, 0.25) is 0 Å². The minimum Gasteiger partial charge on any atom is -0.480 e. The molecule has 0 spiro atoms. The van der Waals surface area contributed by atoms with E-state index in [0.29, 0.717) is 0 Å². The molecule has 2 rings (SSSR count). The number of urea groups is 1. The molecule has 3 amide bonds. The molecule has 200 valence electrons. The Balaban J connectivity index is 2.01. The van der Waals surface area contributed by atoms with Gasteiger partial charge < -0.3 is 30.5 Å². The maximum absolute atomic E-state index is 13.0. The van der Waals surface area contributed by atoms with Gasteiger partial charge in [-0.2, -0.15) is 0 Å². The Bertz CT molecular complexity index is 1040. The normalized spacial score (nSPS) is 12.4. The molecule has 0 saturated heterocycles. The lowest BCUT2D eigenvalue weighted by molar-refractivity contribution is -0.154. The third-order valence-electron chi connectivity index (χ3n) is 5.36. The fraction of sp³-hybridized carbons (Fsp3) is 0.407. The first-order valence-corrected chi connectivity index (χ1v) is 12.1. The molecule has 10 heteroatoms. The molecule has 0 saturated carbocycles. The summed E-state index contributed by atoms with van der Waals surface area (Å²) < 4.78 is 4.92. The lowest BCUT2D eigenvalue weighted by Gasteiger charge is -2.28. The number of hydrogen-bond acceptors (Lipinski definition) is 6. The van der Waals surface area contributed by atoms with Crippen molar-refractivity contribution in [2.24, 2.45) is 5.92 Å². The van der Waals surface area contributed by atoms with Crippen LogP contribution in [0, 0.1) is 5.92 Å². The molecular formula is C27H35N3O7. The van der Waals surface area contributed by atoms with Crippen molar-refractivity contribution in [3.05, 3.63) is 60.2 Å². The molecule has 0 bridgehead atoms. The van der Waals surface area contributed by atoms with E-state index in [1.165, 1.54) is 11.8 Å². The fourth-order valence-corrected chi connectivity index (χ4v) is 3.58. The molecule has 4 N–H and O–H groups in total. The molecule has 0 aliphatic heterocycles. The zero-order valence-corrected chi connectivity index (χ0v) is 21.3. The van der Waals surface area contributed by atoms with Crippen molar-refractivity contribution in [1.29, 1.82) is 0 Å². The van der Waals surface area contributed by atoms with Gasteiger partial charge in [-0.25, -0.2) is 14.4 Å². The van der Waals surface area contributed by atoms with Crippen molar-refractivity contribution in [2.75, 3.05) is 26.2 Å². The number of carbonyl (C=O) groups excluding carboxylic acids is 3. The van der Waals surface area contributed by atoms with E-state index in [1.807, 2.05) is 68.4 Å². The minimum absolute atomic E-state index is 0.0115. The fourth-order valence-electron chi connectivity index (χ4n) is 3.58. The van der Waals surface area contributed by atoms with E-state index >= 15 is 0 Å². The highest BCUT2D eigenvalue weighted by molar-refractivity contribution is 5.83. The Kier molecular flexibility index (Phi) is 11.6. The van der Waals surface area contributed by atoms with Gasteiger partial charge in [0.2, 0.25) is 5.91 Å². The number of aliphatic hydroxyl groups is 1. The van der Waals surface area contributed by atoms with Crippen molar-refractivity contribution in [3.63, 3.8) is 0 Å². The molecule has 1 unspecified atom stereocenters. The summed E-state index contributed by atoms with van der Waals surface area (Å²) in [6.45, 7) is 4.79. The monoisotopic (exact) mass is 513 g/mol. The van der Waals surface area contributed by atoms with Gasteiger partial charge in [0, 0.05) is 19.9 Å². The second-order valence-corrected chi connectivity index (χ2v) is 9.07. The van der Waals surface area contributed by atoms with E-state index in [1.54, 1.807) is 0 Å². The molecule has 0 aromatic heterocycles. The number of carboxylic acid groups (broad SMARTS) is 1. The maximum atomic E-state index is 13.0. The first kappa shape index (κ1) is 29.3. The second-order valence-electron chi connectivity index (χ2n) is 9.07. The molecule has 37 heavy (non-hydrogen) atoms. The second kappa shape index (κ2) is 14.6. The summed E-state index contributed by atoms with van der Waals surface area (Å²) in [7, 11) is 0. The van der Waals surface area contributed by atoms with E-state index in [2.05, 4.69) is 10.6 Å². The Hall–Kier alpha value is -3.92. The standard InChI is InChI=1S/C27H35N3O7/c1-18(2)16-30(17-24(32)26(35)37-14-13-28-19(3)31)27(36)29-23(25(33)34)15-20-9-11-22(12-10-20)21-7-5-4-6-8-21/h4-12,18,23-24,32H,13-17H2,1-3H3,(H,28,31)(H,29,36)(H,33,34)/t23-,24?/m0/s1. The van der Waals surface area contributed by atoms with Gasteiger partial charge in [0.1, 0.15) is 12.6 Å². The number of aliphatic hydroxyl groups excluding tert-OH is 1. The van der Waals surface area contributed by atoms with Crippen LogP contribution in [0.25, 0.3) is 11.1 Å². The molecule has 0 aliphatic carbocycles. The van der Waals surface area contributed by atoms with Crippen molar-refractivity contribution >= 4 is 23.9 Å². The lowest BCUT2D eigenvalue weighted by Crippen LogP contribution is -2.52. The summed E-state index contributed by atoms with van der Waals surface area (Å²) in [4.78, 5) is 49.0. The summed E-state index contributed by atoms with van der Waals surface area (Å²) in [6.07, 6.45) is -1.57. The van der Waals surface area contributed by atoms with Crippen LogP contribution >= 0.6 is 0 Å². The Morgan fingerprint density at radius 3 is 2.14 bits per heavy atom. The van der Waals surface area contributed by atoms with Gasteiger partial charge in [-0.3, -0.25) is 4.79 Å². The van der Waals surface area contributed by atoms with E-state index < -0.39 is 30.1 Å². The van der Waals surface area contributed by atoms with Gasteiger partial charge in [-0.15, -0.1) is 0 Å². The van der Waals surface area contributed by atoms with E-state index in [4.69, 9.17) is 4.74 Å². The van der Waals surface area contributed by atoms with Crippen LogP contribution in [0.3, 0.4) is 0 Å². The van der Waals surface area contributed by atoms with E-state index in [-0.39, 0.29) is 44.5 Å². The van der Waals surface area contributed by atoms with Crippen molar-refractivity contribution in [2.45, 2.75) is 39.3 Å². The van der Waals surface area contributed by atoms with Crippen molar-refractivity contribution < 1.29 is 34.1 Å². The zero-order chi connectivity index (χ0) is 27.4. The summed E-state index contributed by atoms with van der Waals surface area (Å²) >= 11 is 0. The van der Waals surface area contributed by atoms with Crippen LogP contribution in [-0.2, 0) is 25.5 Å².